The Morgan fingerprint density at radius 3 is 2.60 bits per heavy atom. The fourth-order valence-corrected chi connectivity index (χ4v) is 3.72. The Kier molecular flexibility index (Phi) is 5.31. The van der Waals surface area contributed by atoms with Crippen LogP contribution in [0.5, 0.6) is 0 Å². The molecule has 0 aliphatic carbocycles. The van der Waals surface area contributed by atoms with Crippen molar-refractivity contribution in [2.45, 2.75) is 25.2 Å². The van der Waals surface area contributed by atoms with Gasteiger partial charge in [-0.1, -0.05) is 6.07 Å². The van der Waals surface area contributed by atoms with Gasteiger partial charge in [0.1, 0.15) is 5.82 Å². The average molecular weight is 410 g/mol. The molecule has 2 heterocycles. The van der Waals surface area contributed by atoms with Gasteiger partial charge in [-0.3, -0.25) is 19.2 Å². The Labute approximate surface area is 171 Å². The first kappa shape index (κ1) is 19.8. The highest BCUT2D eigenvalue weighted by molar-refractivity contribution is 6.02. The van der Waals surface area contributed by atoms with Crippen molar-refractivity contribution in [1.82, 2.24) is 0 Å². The molecule has 2 aromatic rings. The van der Waals surface area contributed by atoms with Crippen LogP contribution in [0, 0.1) is 5.82 Å². The lowest BCUT2D eigenvalue weighted by Gasteiger charge is -2.24. The molecule has 2 aromatic carbocycles. The minimum absolute atomic E-state index is 0.0553. The van der Waals surface area contributed by atoms with Gasteiger partial charge >= 0.3 is 5.97 Å². The van der Waals surface area contributed by atoms with Gasteiger partial charge in [-0.05, 0) is 48.4 Å². The van der Waals surface area contributed by atoms with E-state index in [0.717, 1.165) is 18.2 Å². The molecule has 30 heavy (non-hydrogen) atoms. The third-order valence-corrected chi connectivity index (χ3v) is 5.26. The van der Waals surface area contributed by atoms with E-state index in [-0.39, 0.29) is 18.0 Å². The first-order chi connectivity index (χ1) is 14.4. The number of ketones is 1. The van der Waals surface area contributed by atoms with Crippen LogP contribution in [-0.2, 0) is 19.1 Å². The summed E-state index contributed by atoms with van der Waals surface area (Å²) in [7, 11) is 0. The topological polar surface area (TPSA) is 92.8 Å². The van der Waals surface area contributed by atoms with Crippen molar-refractivity contribution in [1.29, 1.82) is 0 Å². The number of carbonyl (C=O) groups excluding carboxylic acids is 4. The van der Waals surface area contributed by atoms with Crippen molar-refractivity contribution in [2.24, 2.45) is 0 Å². The van der Waals surface area contributed by atoms with Gasteiger partial charge in [0, 0.05) is 36.3 Å². The van der Waals surface area contributed by atoms with E-state index >= 15 is 0 Å². The summed E-state index contributed by atoms with van der Waals surface area (Å²) in [5.74, 6) is -2.91. The number of ether oxygens (including phenoxy) is 1. The standard InChI is InChI=1S/C22H19FN2O5/c23-14-5-8-16-17(11-20(27)24-18(16)10-14)22(29)30-12-19(26)13-3-6-15(7-4-13)25-9-1-2-21(25)28/h3-8,10,17H,1-2,9,11-12H2,(H,24,27). The Hall–Kier alpha value is -3.55. The van der Waals surface area contributed by atoms with Gasteiger partial charge in [0.25, 0.3) is 0 Å². The molecule has 1 N–H and O–H groups in total. The highest BCUT2D eigenvalue weighted by Crippen LogP contribution is 2.33. The molecule has 0 aromatic heterocycles. The first-order valence-corrected chi connectivity index (χ1v) is 9.62. The summed E-state index contributed by atoms with van der Waals surface area (Å²) < 4.78 is 18.6. The number of fused-ring (bicyclic) bond motifs is 1. The smallest absolute Gasteiger partial charge is 0.314 e. The Bertz CT molecular complexity index is 1030. The molecule has 0 saturated carbocycles. The molecule has 1 unspecified atom stereocenters. The van der Waals surface area contributed by atoms with Gasteiger partial charge in [-0.25, -0.2) is 4.39 Å². The summed E-state index contributed by atoms with van der Waals surface area (Å²) >= 11 is 0. The van der Waals surface area contributed by atoms with Gasteiger partial charge in [0.15, 0.2) is 12.4 Å². The molecule has 0 bridgehead atoms. The van der Waals surface area contributed by atoms with E-state index in [0.29, 0.717) is 24.1 Å². The van der Waals surface area contributed by atoms with Crippen molar-refractivity contribution in [3.63, 3.8) is 0 Å². The minimum Gasteiger partial charge on any atom is -0.457 e. The van der Waals surface area contributed by atoms with Gasteiger partial charge in [-0.15, -0.1) is 0 Å². The zero-order valence-corrected chi connectivity index (χ0v) is 16.0. The lowest BCUT2D eigenvalue weighted by Crippen LogP contribution is -2.29. The second kappa shape index (κ2) is 8.06. The number of benzene rings is 2. The van der Waals surface area contributed by atoms with E-state index < -0.39 is 36.0 Å². The summed E-state index contributed by atoms with van der Waals surface area (Å²) in [6.07, 6.45) is 1.19. The third-order valence-electron chi connectivity index (χ3n) is 5.26. The van der Waals surface area contributed by atoms with Crippen molar-refractivity contribution in [2.75, 3.05) is 23.4 Å². The minimum atomic E-state index is -0.897. The van der Waals surface area contributed by atoms with E-state index in [1.165, 1.54) is 12.1 Å². The molecule has 2 aliphatic heterocycles. The summed E-state index contributed by atoms with van der Waals surface area (Å²) in [6.45, 7) is 0.180. The summed E-state index contributed by atoms with van der Waals surface area (Å²) in [5.41, 5.74) is 1.75. The van der Waals surface area contributed by atoms with Crippen LogP contribution in [0.25, 0.3) is 0 Å². The number of hydrogen-bond acceptors (Lipinski definition) is 5. The third kappa shape index (κ3) is 3.94. The van der Waals surface area contributed by atoms with Crippen molar-refractivity contribution in [3.05, 3.63) is 59.4 Å². The van der Waals surface area contributed by atoms with Gasteiger partial charge in [0.05, 0.1) is 5.92 Å². The number of amides is 2. The Morgan fingerprint density at radius 2 is 1.90 bits per heavy atom. The fourth-order valence-electron chi connectivity index (χ4n) is 3.72. The molecule has 1 atom stereocenters. The molecule has 0 radical (unpaired) electrons. The molecule has 7 nitrogen and oxygen atoms in total. The van der Waals surface area contributed by atoms with Crippen LogP contribution in [0.4, 0.5) is 15.8 Å². The van der Waals surface area contributed by atoms with E-state index in [9.17, 15) is 23.6 Å². The van der Waals surface area contributed by atoms with Crippen LogP contribution in [0.3, 0.4) is 0 Å². The fraction of sp³-hybridized carbons (Fsp3) is 0.273. The summed E-state index contributed by atoms with van der Waals surface area (Å²) in [4.78, 5) is 50.2. The second-order valence-corrected chi connectivity index (χ2v) is 7.26. The van der Waals surface area contributed by atoms with Crippen LogP contribution >= 0.6 is 0 Å². The normalized spacial score (nSPS) is 18.0. The van der Waals surface area contributed by atoms with Gasteiger partial charge in [-0.2, -0.15) is 0 Å². The van der Waals surface area contributed by atoms with Crippen LogP contribution < -0.4 is 10.2 Å². The molecule has 1 saturated heterocycles. The molecule has 2 amide bonds. The zero-order valence-electron chi connectivity index (χ0n) is 16.0. The van der Waals surface area contributed by atoms with Gasteiger partial charge in [0.2, 0.25) is 11.8 Å². The monoisotopic (exact) mass is 410 g/mol. The Morgan fingerprint density at radius 1 is 1.13 bits per heavy atom. The van der Waals surface area contributed by atoms with E-state index in [4.69, 9.17) is 4.74 Å². The molecule has 4 rings (SSSR count). The quantitative estimate of drug-likeness (QED) is 0.604. The lowest BCUT2D eigenvalue weighted by molar-refractivity contribution is -0.145. The predicted molar refractivity (Wildman–Crippen MR) is 106 cm³/mol. The van der Waals surface area contributed by atoms with Crippen LogP contribution in [0.15, 0.2) is 42.5 Å². The highest BCUT2D eigenvalue weighted by Gasteiger charge is 2.32. The van der Waals surface area contributed by atoms with Crippen molar-refractivity contribution < 1.29 is 28.3 Å². The molecular weight excluding hydrogens is 391 g/mol. The average Bonchev–Trinajstić information content (AvgIpc) is 3.16. The summed E-state index contributed by atoms with van der Waals surface area (Å²) in [6, 6.07) is 10.3. The lowest BCUT2D eigenvalue weighted by atomic mass is 9.90. The molecule has 8 heteroatoms. The van der Waals surface area contributed by atoms with E-state index in [2.05, 4.69) is 5.32 Å². The van der Waals surface area contributed by atoms with Crippen LogP contribution in [0.2, 0.25) is 0 Å². The number of Topliss-reactive ketones (excluding diaryl/α,β-unsaturated/α-hetero) is 1. The number of esters is 1. The van der Waals surface area contributed by atoms with E-state index in [1.54, 1.807) is 29.2 Å². The first-order valence-electron chi connectivity index (χ1n) is 9.62. The van der Waals surface area contributed by atoms with Crippen LogP contribution in [0.1, 0.15) is 41.1 Å². The number of anilines is 2. The number of nitrogens with one attached hydrogen (secondary N) is 1. The molecular formula is C22H19FN2O5. The number of hydrogen-bond donors (Lipinski definition) is 1. The molecule has 2 aliphatic rings. The maximum Gasteiger partial charge on any atom is 0.314 e. The SMILES string of the molecule is O=C1CC(C(=O)OCC(=O)c2ccc(N3CCCC3=O)cc2)c2ccc(F)cc2N1. The molecule has 154 valence electrons. The van der Waals surface area contributed by atoms with E-state index in [1.807, 2.05) is 0 Å². The van der Waals surface area contributed by atoms with Crippen molar-refractivity contribution >= 4 is 34.9 Å². The zero-order chi connectivity index (χ0) is 21.3. The second-order valence-electron chi connectivity index (χ2n) is 7.26. The van der Waals surface area contributed by atoms with Gasteiger partial charge < -0.3 is 15.0 Å². The molecule has 1 fully saturated rings. The highest BCUT2D eigenvalue weighted by atomic mass is 19.1. The largest absolute Gasteiger partial charge is 0.457 e. The number of carbonyl (C=O) groups is 4. The number of rotatable bonds is 5. The maximum absolute atomic E-state index is 13.4. The Balaban J connectivity index is 1.40. The maximum atomic E-state index is 13.4. The summed E-state index contributed by atoms with van der Waals surface area (Å²) in [5, 5.41) is 2.53. The predicted octanol–water partition coefficient (Wildman–Crippen LogP) is 2.80. The number of nitrogens with zero attached hydrogens (tertiary/aromatic N) is 1. The van der Waals surface area contributed by atoms with Crippen molar-refractivity contribution in [3.8, 4) is 0 Å². The van der Waals surface area contributed by atoms with Crippen LogP contribution in [-0.4, -0.2) is 36.7 Å². The molecule has 0 spiro atoms. The number of halogens is 1.